The van der Waals surface area contributed by atoms with Crippen LogP contribution in [0.15, 0.2) is 72.8 Å². The van der Waals surface area contributed by atoms with Crippen molar-refractivity contribution in [2.75, 3.05) is 0 Å². The van der Waals surface area contributed by atoms with E-state index in [2.05, 4.69) is 31.4 Å². The summed E-state index contributed by atoms with van der Waals surface area (Å²) in [4.78, 5) is 28.3. The normalized spacial score (nSPS) is 18.7. The number of aliphatic hydroxyl groups excluding tert-OH is 1. The Hall–Kier alpha value is -3.73. The van der Waals surface area contributed by atoms with Gasteiger partial charge in [-0.05, 0) is 98.5 Å². The summed E-state index contributed by atoms with van der Waals surface area (Å²) in [5, 5.41) is 27.4. The Morgan fingerprint density at radius 1 is 0.939 bits per heavy atom. The van der Waals surface area contributed by atoms with E-state index in [4.69, 9.17) is 9.16 Å². The van der Waals surface area contributed by atoms with Gasteiger partial charge in [0, 0.05) is 18.9 Å². The first-order valence-corrected chi connectivity index (χ1v) is 19.3. The summed E-state index contributed by atoms with van der Waals surface area (Å²) >= 11 is 0. The number of halogens is 1. The number of carbonyl (C=O) groups is 2. The molecular formula is C39H52FN2O6Si. The Morgan fingerprint density at radius 3 is 2.18 bits per heavy atom. The van der Waals surface area contributed by atoms with Crippen LogP contribution >= 0.6 is 0 Å². The second-order valence-electron chi connectivity index (χ2n) is 15.5. The zero-order valence-corrected chi connectivity index (χ0v) is 31.0. The molecule has 1 aliphatic rings. The lowest BCUT2D eigenvalue weighted by atomic mass is 9.68. The van der Waals surface area contributed by atoms with E-state index in [0.29, 0.717) is 17.5 Å². The van der Waals surface area contributed by atoms with Crippen LogP contribution in [0.3, 0.4) is 0 Å². The molecule has 3 aromatic carbocycles. The molecule has 0 spiro atoms. The lowest BCUT2D eigenvalue weighted by Gasteiger charge is -2.45. The molecule has 0 heterocycles. The first-order chi connectivity index (χ1) is 22.9. The molecule has 265 valence electrons. The Balaban J connectivity index is 1.83. The molecule has 0 aliphatic heterocycles. The number of carbonyl (C=O) groups excluding carboxylic acids is 2. The Labute approximate surface area is 292 Å². The molecular weight excluding hydrogens is 640 g/mol. The van der Waals surface area contributed by atoms with Crippen LogP contribution in [0.2, 0.25) is 13.1 Å². The maximum atomic E-state index is 14.9. The summed E-state index contributed by atoms with van der Waals surface area (Å²) in [6.45, 7) is 15.6. The van der Waals surface area contributed by atoms with Crippen LogP contribution < -0.4 is 10.6 Å². The summed E-state index contributed by atoms with van der Waals surface area (Å²) < 4.78 is 27.3. The van der Waals surface area contributed by atoms with E-state index in [-0.39, 0.29) is 30.9 Å². The molecule has 49 heavy (non-hydrogen) atoms. The van der Waals surface area contributed by atoms with E-state index in [0.717, 1.165) is 11.1 Å². The van der Waals surface area contributed by atoms with Gasteiger partial charge in [-0.2, -0.15) is 0 Å². The van der Waals surface area contributed by atoms with Crippen LogP contribution in [0, 0.1) is 17.2 Å². The van der Waals surface area contributed by atoms with Gasteiger partial charge >= 0.3 is 6.09 Å². The highest BCUT2D eigenvalue weighted by molar-refractivity contribution is 6.48. The average Bonchev–Trinajstić information content (AvgIpc) is 3.31. The van der Waals surface area contributed by atoms with E-state index in [1.807, 2.05) is 64.2 Å². The molecule has 1 aliphatic carbocycles. The second-order valence-corrected chi connectivity index (χ2v) is 17.5. The molecule has 0 aromatic heterocycles. The lowest BCUT2D eigenvalue weighted by Crippen LogP contribution is -2.58. The predicted octanol–water partition coefficient (Wildman–Crippen LogP) is 7.04. The van der Waals surface area contributed by atoms with Crippen molar-refractivity contribution in [2.24, 2.45) is 11.3 Å². The molecule has 1 radical (unpaired) electrons. The molecule has 0 saturated carbocycles. The maximum absolute atomic E-state index is 14.9. The topological polar surface area (TPSA) is 117 Å². The third-order valence-corrected chi connectivity index (χ3v) is 9.76. The van der Waals surface area contributed by atoms with Crippen LogP contribution in [0.5, 0.6) is 5.75 Å². The van der Waals surface area contributed by atoms with E-state index < -0.39 is 61.7 Å². The zero-order valence-electron chi connectivity index (χ0n) is 30.0. The Kier molecular flexibility index (Phi) is 12.0. The highest BCUT2D eigenvalue weighted by atomic mass is 28.3. The highest BCUT2D eigenvalue weighted by Gasteiger charge is 2.49. The van der Waals surface area contributed by atoms with Gasteiger partial charge in [0.1, 0.15) is 22.8 Å². The van der Waals surface area contributed by atoms with Crippen LogP contribution in [0.1, 0.15) is 76.3 Å². The van der Waals surface area contributed by atoms with Crippen molar-refractivity contribution in [3.63, 3.8) is 0 Å². The molecule has 0 fully saturated rings. The van der Waals surface area contributed by atoms with Crippen LogP contribution in [0.25, 0.3) is 0 Å². The zero-order chi connectivity index (χ0) is 36.1. The number of nitrogens with one attached hydrogen (secondary N) is 2. The van der Waals surface area contributed by atoms with Crippen molar-refractivity contribution in [1.29, 1.82) is 0 Å². The number of hydrogen-bond donors (Lipinski definition) is 4. The molecule has 4 rings (SSSR count). The number of benzene rings is 3. The molecule has 0 bridgehead atoms. The van der Waals surface area contributed by atoms with Crippen molar-refractivity contribution in [3.05, 3.63) is 101 Å². The molecule has 5 atom stereocenters. The predicted molar refractivity (Wildman–Crippen MR) is 191 cm³/mol. The van der Waals surface area contributed by atoms with E-state index >= 15 is 0 Å². The van der Waals surface area contributed by atoms with Gasteiger partial charge in [-0.25, -0.2) is 9.18 Å². The molecule has 10 heteroatoms. The molecule has 8 nitrogen and oxygen atoms in total. The number of fused-ring (bicyclic) bond motifs is 1. The fraction of sp³-hybridized carbons (Fsp3) is 0.487. The van der Waals surface area contributed by atoms with Gasteiger partial charge in [-0.15, -0.1) is 0 Å². The Bertz CT molecular complexity index is 1570. The minimum Gasteiger partial charge on any atom is -0.508 e. The SMILES string of the molecule is C[Si](C)O[C@@](Cc1ccc(O)cc1)(C[C@H]([C@H](Cc1ccccc1)NC(=O)OC(C)(C)C)C(C)(C)C)C(=O)N[C@H]1c2cccc(F)c2C[C@H]1O. The second kappa shape index (κ2) is 15.4. The fourth-order valence-electron chi connectivity index (χ4n) is 6.79. The number of aromatic hydroxyl groups is 1. The Morgan fingerprint density at radius 2 is 1.59 bits per heavy atom. The van der Waals surface area contributed by atoms with Crippen LogP contribution in [0.4, 0.5) is 9.18 Å². The van der Waals surface area contributed by atoms with Gasteiger partial charge in [0.2, 0.25) is 9.04 Å². The number of phenolic OH excluding ortho intramolecular Hbond substituents is 1. The monoisotopic (exact) mass is 691 g/mol. The van der Waals surface area contributed by atoms with Crippen molar-refractivity contribution in [3.8, 4) is 5.75 Å². The van der Waals surface area contributed by atoms with Gasteiger partial charge in [-0.1, -0.05) is 75.4 Å². The minimum atomic E-state index is -1.54. The van der Waals surface area contributed by atoms with Crippen molar-refractivity contribution >= 4 is 21.0 Å². The van der Waals surface area contributed by atoms with Gasteiger partial charge < -0.3 is 30.0 Å². The van der Waals surface area contributed by atoms with Crippen molar-refractivity contribution in [2.45, 2.75) is 110 Å². The highest BCUT2D eigenvalue weighted by Crippen LogP contribution is 2.41. The summed E-state index contributed by atoms with van der Waals surface area (Å²) in [6, 6.07) is 19.9. The third-order valence-electron chi connectivity index (χ3n) is 8.96. The number of ether oxygens (including phenoxy) is 1. The van der Waals surface area contributed by atoms with Gasteiger partial charge in [0.15, 0.2) is 0 Å². The summed E-state index contributed by atoms with van der Waals surface area (Å²) in [6.07, 6.45) is -0.660. The lowest BCUT2D eigenvalue weighted by molar-refractivity contribution is -0.142. The molecule has 4 N–H and O–H groups in total. The van der Waals surface area contributed by atoms with Crippen molar-refractivity contribution < 1.29 is 33.4 Å². The molecule has 0 saturated heterocycles. The number of aliphatic hydroxyl groups is 1. The summed E-state index contributed by atoms with van der Waals surface area (Å²) in [5.74, 6) is -1.09. The average molecular weight is 692 g/mol. The third kappa shape index (κ3) is 10.2. The minimum absolute atomic E-state index is 0.0823. The van der Waals surface area contributed by atoms with E-state index in [9.17, 15) is 24.2 Å². The van der Waals surface area contributed by atoms with Crippen LogP contribution in [-0.2, 0) is 33.2 Å². The smallest absolute Gasteiger partial charge is 0.407 e. The number of rotatable bonds is 12. The number of alkyl carbamates (subject to hydrolysis) is 1. The first kappa shape index (κ1) is 38.1. The van der Waals surface area contributed by atoms with E-state index in [1.165, 1.54) is 6.07 Å². The van der Waals surface area contributed by atoms with Gasteiger partial charge in [0.05, 0.1) is 12.1 Å². The number of amides is 2. The van der Waals surface area contributed by atoms with Crippen molar-refractivity contribution in [1.82, 2.24) is 10.6 Å². The summed E-state index contributed by atoms with van der Waals surface area (Å²) in [5.41, 5.74) is 0.0707. The number of hydrogen-bond acceptors (Lipinski definition) is 6. The van der Waals surface area contributed by atoms with Gasteiger partial charge in [-0.3, -0.25) is 4.79 Å². The van der Waals surface area contributed by atoms with Gasteiger partial charge in [0.25, 0.3) is 5.91 Å². The largest absolute Gasteiger partial charge is 0.508 e. The quantitative estimate of drug-likeness (QED) is 0.151. The fourth-order valence-corrected chi connectivity index (χ4v) is 7.82. The maximum Gasteiger partial charge on any atom is 0.407 e. The first-order valence-electron chi connectivity index (χ1n) is 16.9. The summed E-state index contributed by atoms with van der Waals surface area (Å²) in [7, 11) is -1.54. The molecule has 2 amide bonds. The van der Waals surface area contributed by atoms with E-state index in [1.54, 1.807) is 36.4 Å². The standard InChI is InChI=1S/C39H52FN2O6Si/c1-37(2,3)30(32(21-25-13-10-9-11-14-25)41-36(46)47-38(4,5)6)24-39(48-49(7)8,23-26-17-19-27(43)20-18-26)35(45)42-34-28-15-12-16-31(40)29(28)22-33(34)44/h9-20,30,32-34,43-44H,21-24H2,1-8H3,(H,41,46)(H,42,45)/t30-,32+,33-,34+,39+/m1/s1. The van der Waals surface area contributed by atoms with Crippen LogP contribution in [-0.4, -0.2) is 54.6 Å². The number of phenols is 1. The molecule has 0 unspecified atom stereocenters. The molecule has 3 aromatic rings.